The van der Waals surface area contributed by atoms with E-state index in [9.17, 15) is 4.79 Å². The van der Waals surface area contributed by atoms with Gasteiger partial charge in [-0.25, -0.2) is 14.8 Å². The standard InChI is InChI=1S/C11H16N4O2/c12-8-1-3-15(4-2-8)6-10-9(11(16)17)5-13-7-14-10/h5,7-8H,1-4,6,12H2,(H,16,17). The molecule has 0 saturated carbocycles. The van der Waals surface area contributed by atoms with Crippen molar-refractivity contribution in [3.63, 3.8) is 0 Å². The third kappa shape index (κ3) is 2.98. The first kappa shape index (κ1) is 11.9. The molecule has 0 unspecified atom stereocenters. The lowest BCUT2D eigenvalue weighted by molar-refractivity contribution is 0.0692. The fourth-order valence-electron chi connectivity index (χ4n) is 1.98. The summed E-state index contributed by atoms with van der Waals surface area (Å²) >= 11 is 0. The average Bonchev–Trinajstić information content (AvgIpc) is 2.32. The monoisotopic (exact) mass is 236 g/mol. The van der Waals surface area contributed by atoms with Gasteiger partial charge in [-0.15, -0.1) is 0 Å². The Bertz CT molecular complexity index is 402. The van der Waals surface area contributed by atoms with Gasteiger partial charge in [-0.05, 0) is 12.8 Å². The van der Waals surface area contributed by atoms with Crippen LogP contribution in [0.4, 0.5) is 0 Å². The summed E-state index contributed by atoms with van der Waals surface area (Å²) in [4.78, 5) is 21.0. The molecule has 1 aliphatic heterocycles. The van der Waals surface area contributed by atoms with E-state index in [4.69, 9.17) is 10.8 Å². The van der Waals surface area contributed by atoms with E-state index in [0.29, 0.717) is 12.2 Å². The molecule has 1 saturated heterocycles. The highest BCUT2D eigenvalue weighted by Gasteiger charge is 2.19. The Morgan fingerprint density at radius 2 is 2.24 bits per heavy atom. The molecule has 0 aromatic carbocycles. The lowest BCUT2D eigenvalue weighted by Crippen LogP contribution is -2.39. The van der Waals surface area contributed by atoms with E-state index in [1.165, 1.54) is 12.5 Å². The van der Waals surface area contributed by atoms with Gasteiger partial charge in [0, 0.05) is 31.9 Å². The fraction of sp³-hybridized carbons (Fsp3) is 0.545. The summed E-state index contributed by atoms with van der Waals surface area (Å²) in [5.41, 5.74) is 6.58. The average molecular weight is 236 g/mol. The van der Waals surface area contributed by atoms with Gasteiger partial charge < -0.3 is 10.8 Å². The number of hydrogen-bond acceptors (Lipinski definition) is 5. The van der Waals surface area contributed by atoms with Gasteiger partial charge in [0.05, 0.1) is 5.69 Å². The van der Waals surface area contributed by atoms with Crippen LogP contribution in [0, 0.1) is 0 Å². The van der Waals surface area contributed by atoms with Crippen molar-refractivity contribution in [1.82, 2.24) is 14.9 Å². The minimum Gasteiger partial charge on any atom is -0.478 e. The molecule has 1 aliphatic rings. The molecule has 17 heavy (non-hydrogen) atoms. The van der Waals surface area contributed by atoms with E-state index in [2.05, 4.69) is 14.9 Å². The van der Waals surface area contributed by atoms with Crippen LogP contribution in [0.2, 0.25) is 0 Å². The van der Waals surface area contributed by atoms with Crippen LogP contribution >= 0.6 is 0 Å². The summed E-state index contributed by atoms with van der Waals surface area (Å²) in [5, 5.41) is 9.02. The molecule has 6 heteroatoms. The third-order valence-electron chi connectivity index (χ3n) is 3.03. The van der Waals surface area contributed by atoms with Gasteiger partial charge in [-0.3, -0.25) is 4.90 Å². The number of piperidine rings is 1. The van der Waals surface area contributed by atoms with Crippen LogP contribution in [0.3, 0.4) is 0 Å². The van der Waals surface area contributed by atoms with E-state index >= 15 is 0 Å². The van der Waals surface area contributed by atoms with Gasteiger partial charge in [0.15, 0.2) is 0 Å². The van der Waals surface area contributed by atoms with Gasteiger partial charge in [0.1, 0.15) is 11.9 Å². The molecule has 2 heterocycles. The van der Waals surface area contributed by atoms with Crippen molar-refractivity contribution in [1.29, 1.82) is 0 Å². The van der Waals surface area contributed by atoms with Gasteiger partial charge in [-0.1, -0.05) is 0 Å². The molecule has 0 spiro atoms. The normalized spacial score (nSPS) is 18.2. The maximum absolute atomic E-state index is 11.0. The molecule has 0 radical (unpaired) electrons. The summed E-state index contributed by atoms with van der Waals surface area (Å²) in [7, 11) is 0. The SMILES string of the molecule is NC1CCN(Cc2ncncc2C(=O)O)CC1. The summed E-state index contributed by atoms with van der Waals surface area (Å²) in [6, 6.07) is 0.274. The first-order valence-electron chi connectivity index (χ1n) is 5.67. The number of hydrogen-bond donors (Lipinski definition) is 2. The molecular formula is C11H16N4O2. The number of aromatic carboxylic acids is 1. The van der Waals surface area contributed by atoms with Crippen molar-refractivity contribution in [2.24, 2.45) is 5.73 Å². The number of carboxylic acids is 1. The van der Waals surface area contributed by atoms with Gasteiger partial charge in [0.25, 0.3) is 0 Å². The maximum Gasteiger partial charge on any atom is 0.339 e. The Balaban J connectivity index is 2.05. The Labute approximate surface area is 99.5 Å². The molecule has 92 valence electrons. The maximum atomic E-state index is 11.0. The number of carboxylic acid groups (broad SMARTS) is 1. The zero-order chi connectivity index (χ0) is 12.3. The zero-order valence-electron chi connectivity index (χ0n) is 9.54. The summed E-state index contributed by atoms with van der Waals surface area (Å²) in [6.07, 6.45) is 4.64. The van der Waals surface area contributed by atoms with Crippen LogP contribution in [0.5, 0.6) is 0 Å². The Morgan fingerprint density at radius 1 is 1.53 bits per heavy atom. The number of rotatable bonds is 3. The number of aromatic nitrogens is 2. The molecule has 3 N–H and O–H groups in total. The topological polar surface area (TPSA) is 92.3 Å². The quantitative estimate of drug-likeness (QED) is 0.773. The second kappa shape index (κ2) is 5.20. The second-order valence-electron chi connectivity index (χ2n) is 4.30. The van der Waals surface area contributed by atoms with E-state index in [-0.39, 0.29) is 11.6 Å². The zero-order valence-corrected chi connectivity index (χ0v) is 9.54. The molecule has 0 atom stereocenters. The van der Waals surface area contributed by atoms with E-state index in [1.807, 2.05) is 0 Å². The molecule has 0 amide bonds. The first-order chi connectivity index (χ1) is 8.16. The molecule has 0 aliphatic carbocycles. The van der Waals surface area contributed by atoms with Crippen molar-refractivity contribution in [3.05, 3.63) is 23.8 Å². The van der Waals surface area contributed by atoms with E-state index in [0.717, 1.165) is 25.9 Å². The molecule has 1 aromatic rings. The van der Waals surface area contributed by atoms with Gasteiger partial charge >= 0.3 is 5.97 Å². The van der Waals surface area contributed by atoms with Gasteiger partial charge in [0.2, 0.25) is 0 Å². The van der Waals surface area contributed by atoms with Crippen molar-refractivity contribution in [2.45, 2.75) is 25.4 Å². The lowest BCUT2D eigenvalue weighted by atomic mass is 10.1. The van der Waals surface area contributed by atoms with Crippen LogP contribution in [-0.2, 0) is 6.54 Å². The van der Waals surface area contributed by atoms with Gasteiger partial charge in [-0.2, -0.15) is 0 Å². The number of nitrogens with two attached hydrogens (primary N) is 1. The highest BCUT2D eigenvalue weighted by Crippen LogP contribution is 2.13. The first-order valence-corrected chi connectivity index (χ1v) is 5.67. The minimum absolute atomic E-state index is 0.183. The van der Waals surface area contributed by atoms with Crippen molar-refractivity contribution < 1.29 is 9.90 Å². The van der Waals surface area contributed by atoms with E-state index < -0.39 is 5.97 Å². The number of carbonyl (C=O) groups is 1. The minimum atomic E-state index is -0.977. The molecule has 1 aromatic heterocycles. The van der Waals surface area contributed by atoms with Crippen LogP contribution < -0.4 is 5.73 Å². The Kier molecular flexibility index (Phi) is 3.65. The lowest BCUT2D eigenvalue weighted by Gasteiger charge is -2.29. The molecule has 6 nitrogen and oxygen atoms in total. The Hall–Kier alpha value is -1.53. The second-order valence-corrected chi connectivity index (χ2v) is 4.30. The largest absolute Gasteiger partial charge is 0.478 e. The van der Waals surface area contributed by atoms with E-state index in [1.54, 1.807) is 0 Å². The van der Waals surface area contributed by atoms with Crippen molar-refractivity contribution in [3.8, 4) is 0 Å². The Morgan fingerprint density at radius 3 is 2.88 bits per heavy atom. The third-order valence-corrected chi connectivity index (χ3v) is 3.03. The number of nitrogens with zero attached hydrogens (tertiary/aromatic N) is 3. The predicted octanol–water partition coefficient (Wildman–Crippen LogP) is 0.0979. The predicted molar refractivity (Wildman–Crippen MR) is 61.5 cm³/mol. The van der Waals surface area contributed by atoms with Crippen LogP contribution in [0.15, 0.2) is 12.5 Å². The van der Waals surface area contributed by atoms with Crippen molar-refractivity contribution in [2.75, 3.05) is 13.1 Å². The highest BCUT2D eigenvalue weighted by atomic mass is 16.4. The van der Waals surface area contributed by atoms with Crippen molar-refractivity contribution >= 4 is 5.97 Å². The highest BCUT2D eigenvalue weighted by molar-refractivity contribution is 5.88. The van der Waals surface area contributed by atoms with Crippen LogP contribution in [0.1, 0.15) is 28.9 Å². The molecule has 2 rings (SSSR count). The summed E-state index contributed by atoms with van der Waals surface area (Å²) < 4.78 is 0. The van der Waals surface area contributed by atoms with Crippen LogP contribution in [-0.4, -0.2) is 45.1 Å². The smallest absolute Gasteiger partial charge is 0.339 e. The molecule has 1 fully saturated rings. The van der Waals surface area contributed by atoms with Crippen LogP contribution in [0.25, 0.3) is 0 Å². The number of likely N-dealkylation sites (tertiary alicyclic amines) is 1. The fourth-order valence-corrected chi connectivity index (χ4v) is 1.98. The molecular weight excluding hydrogens is 220 g/mol. The molecule has 0 bridgehead atoms. The summed E-state index contributed by atoms with van der Waals surface area (Å²) in [5.74, 6) is -0.977. The summed E-state index contributed by atoms with van der Waals surface area (Å²) in [6.45, 7) is 2.34.